The Labute approximate surface area is 130 Å². The van der Waals surface area contributed by atoms with Crippen molar-refractivity contribution < 1.29 is 4.74 Å². The van der Waals surface area contributed by atoms with E-state index < -0.39 is 0 Å². The monoisotopic (exact) mass is 289 g/mol. The molecule has 1 unspecified atom stereocenters. The van der Waals surface area contributed by atoms with Gasteiger partial charge in [0.15, 0.2) is 0 Å². The van der Waals surface area contributed by atoms with Crippen LogP contribution < -0.4 is 4.74 Å². The van der Waals surface area contributed by atoms with Gasteiger partial charge in [-0.15, -0.1) is 0 Å². The van der Waals surface area contributed by atoms with Gasteiger partial charge >= 0.3 is 0 Å². The summed E-state index contributed by atoms with van der Waals surface area (Å²) in [5.41, 5.74) is 1.89. The largest absolute Gasteiger partial charge is 0.497 e. The maximum absolute atomic E-state index is 5.44. The molecule has 2 rings (SSSR count). The normalized spacial score (nSPS) is 19.5. The Morgan fingerprint density at radius 2 is 1.90 bits per heavy atom. The topological polar surface area (TPSA) is 12.5 Å². The lowest BCUT2D eigenvalue weighted by Crippen LogP contribution is -2.40. The summed E-state index contributed by atoms with van der Waals surface area (Å²) in [6.45, 7) is 3.54. The first-order valence-electron chi connectivity index (χ1n) is 8.40. The van der Waals surface area contributed by atoms with Crippen molar-refractivity contribution in [3.63, 3.8) is 0 Å². The van der Waals surface area contributed by atoms with Crippen LogP contribution in [0.5, 0.6) is 5.75 Å². The Kier molecular flexibility index (Phi) is 5.69. The van der Waals surface area contributed by atoms with E-state index in [1.54, 1.807) is 7.11 Å². The third-order valence-electron chi connectivity index (χ3n) is 5.12. The van der Waals surface area contributed by atoms with Crippen LogP contribution in [0.4, 0.5) is 0 Å². The van der Waals surface area contributed by atoms with Crippen molar-refractivity contribution >= 4 is 0 Å². The Balaban J connectivity index is 2.33. The van der Waals surface area contributed by atoms with Crippen LogP contribution >= 0.6 is 0 Å². The van der Waals surface area contributed by atoms with Crippen molar-refractivity contribution in [3.8, 4) is 5.75 Å². The number of rotatable bonds is 6. The first-order valence-corrected chi connectivity index (χ1v) is 8.40. The molecule has 1 aromatic carbocycles. The van der Waals surface area contributed by atoms with Gasteiger partial charge in [0, 0.05) is 6.54 Å². The Hall–Kier alpha value is -1.02. The standard InChI is InChI=1S/C19H31NO/c1-5-18(16-10-9-11-17(14-16)21-4)19(15-20(2)3)12-7-6-8-13-19/h9-11,14,18H,5-8,12-13,15H2,1-4H3. The van der Waals surface area contributed by atoms with Crippen LogP contribution in [0.15, 0.2) is 24.3 Å². The van der Waals surface area contributed by atoms with Crippen LogP contribution in [-0.2, 0) is 0 Å². The highest BCUT2D eigenvalue weighted by Gasteiger charge is 2.39. The summed E-state index contributed by atoms with van der Waals surface area (Å²) in [5.74, 6) is 1.62. The van der Waals surface area contributed by atoms with E-state index in [1.807, 2.05) is 0 Å². The average molecular weight is 289 g/mol. The van der Waals surface area contributed by atoms with Crippen LogP contribution in [0.3, 0.4) is 0 Å². The van der Waals surface area contributed by atoms with E-state index in [9.17, 15) is 0 Å². The highest BCUT2D eigenvalue weighted by atomic mass is 16.5. The molecular formula is C19H31NO. The van der Waals surface area contributed by atoms with Gasteiger partial charge in [0.2, 0.25) is 0 Å². The van der Waals surface area contributed by atoms with Crippen molar-refractivity contribution in [2.75, 3.05) is 27.7 Å². The summed E-state index contributed by atoms with van der Waals surface area (Å²) < 4.78 is 5.44. The second kappa shape index (κ2) is 7.31. The zero-order valence-corrected chi connectivity index (χ0v) is 14.2. The van der Waals surface area contributed by atoms with E-state index in [1.165, 1.54) is 50.6 Å². The molecule has 2 nitrogen and oxygen atoms in total. The summed E-state index contributed by atoms with van der Waals surface area (Å²) in [7, 11) is 6.19. The molecule has 1 aliphatic carbocycles. The fourth-order valence-electron chi connectivity index (χ4n) is 4.38. The van der Waals surface area contributed by atoms with Gasteiger partial charge in [-0.25, -0.2) is 0 Å². The molecule has 2 heteroatoms. The second-order valence-corrected chi connectivity index (χ2v) is 6.90. The van der Waals surface area contributed by atoms with Gasteiger partial charge in [-0.3, -0.25) is 0 Å². The van der Waals surface area contributed by atoms with Gasteiger partial charge in [0.05, 0.1) is 7.11 Å². The predicted octanol–water partition coefficient (Wildman–Crippen LogP) is 4.70. The van der Waals surface area contributed by atoms with E-state index in [0.29, 0.717) is 11.3 Å². The number of ether oxygens (including phenoxy) is 1. The molecule has 0 radical (unpaired) electrons. The molecule has 0 aromatic heterocycles. The SMILES string of the molecule is CCC(c1cccc(OC)c1)C1(CN(C)C)CCCCC1. The molecule has 1 aromatic rings. The third kappa shape index (κ3) is 3.79. The lowest BCUT2D eigenvalue weighted by Gasteiger charge is -2.45. The molecule has 21 heavy (non-hydrogen) atoms. The molecule has 1 aliphatic rings. The number of hydrogen-bond acceptors (Lipinski definition) is 2. The summed E-state index contributed by atoms with van der Waals surface area (Å²) >= 11 is 0. The highest BCUT2D eigenvalue weighted by molar-refractivity contribution is 5.32. The molecule has 0 heterocycles. The van der Waals surface area contributed by atoms with Crippen molar-refractivity contribution in [1.29, 1.82) is 0 Å². The van der Waals surface area contributed by atoms with Crippen LogP contribution in [0.1, 0.15) is 56.9 Å². The Bertz CT molecular complexity index is 435. The minimum absolute atomic E-state index is 0.433. The molecule has 0 N–H and O–H groups in total. The van der Waals surface area contributed by atoms with Gasteiger partial charge < -0.3 is 9.64 Å². The molecule has 0 saturated heterocycles. The van der Waals surface area contributed by atoms with Crippen molar-refractivity contribution in [1.82, 2.24) is 4.90 Å². The summed E-state index contributed by atoms with van der Waals surface area (Å²) in [5, 5.41) is 0. The van der Waals surface area contributed by atoms with Crippen molar-refractivity contribution in [2.24, 2.45) is 5.41 Å². The number of hydrogen-bond donors (Lipinski definition) is 0. The van der Waals surface area contributed by atoms with Crippen LogP contribution in [-0.4, -0.2) is 32.6 Å². The molecule has 1 fully saturated rings. The first-order chi connectivity index (χ1) is 10.1. The first kappa shape index (κ1) is 16.4. The molecule has 0 amide bonds. The maximum atomic E-state index is 5.44. The Morgan fingerprint density at radius 3 is 2.48 bits per heavy atom. The van der Waals surface area contributed by atoms with Gasteiger partial charge in [-0.2, -0.15) is 0 Å². The molecule has 0 aliphatic heterocycles. The lowest BCUT2D eigenvalue weighted by molar-refractivity contribution is 0.0957. The number of methoxy groups -OCH3 is 1. The summed E-state index contributed by atoms with van der Waals surface area (Å²) in [6.07, 6.45) is 8.11. The quantitative estimate of drug-likeness (QED) is 0.752. The number of nitrogens with zero attached hydrogens (tertiary/aromatic N) is 1. The van der Waals surface area contributed by atoms with Crippen molar-refractivity contribution in [3.05, 3.63) is 29.8 Å². The summed E-state index contributed by atoms with van der Waals surface area (Å²) in [4.78, 5) is 2.38. The number of benzene rings is 1. The average Bonchev–Trinajstić information content (AvgIpc) is 2.48. The minimum atomic E-state index is 0.433. The molecule has 0 bridgehead atoms. The van der Waals surface area contributed by atoms with Crippen LogP contribution in [0, 0.1) is 5.41 Å². The molecular weight excluding hydrogens is 258 g/mol. The van der Waals surface area contributed by atoms with E-state index in [2.05, 4.69) is 50.2 Å². The molecule has 1 atom stereocenters. The molecule has 1 saturated carbocycles. The second-order valence-electron chi connectivity index (χ2n) is 6.90. The fourth-order valence-corrected chi connectivity index (χ4v) is 4.38. The van der Waals surface area contributed by atoms with Crippen LogP contribution in [0.25, 0.3) is 0 Å². The van der Waals surface area contributed by atoms with Gasteiger partial charge in [-0.05, 0) is 62.4 Å². The predicted molar refractivity (Wildman–Crippen MR) is 90.1 cm³/mol. The fraction of sp³-hybridized carbons (Fsp3) is 0.684. The van der Waals surface area contributed by atoms with E-state index in [0.717, 1.165) is 5.75 Å². The molecule has 118 valence electrons. The van der Waals surface area contributed by atoms with Crippen molar-refractivity contribution in [2.45, 2.75) is 51.4 Å². The van der Waals surface area contributed by atoms with E-state index in [-0.39, 0.29) is 0 Å². The van der Waals surface area contributed by atoms with Crippen LogP contribution in [0.2, 0.25) is 0 Å². The highest BCUT2D eigenvalue weighted by Crippen LogP contribution is 2.49. The molecule has 0 spiro atoms. The smallest absolute Gasteiger partial charge is 0.119 e. The van der Waals surface area contributed by atoms with E-state index in [4.69, 9.17) is 4.74 Å². The zero-order valence-electron chi connectivity index (χ0n) is 14.2. The van der Waals surface area contributed by atoms with Gasteiger partial charge in [0.25, 0.3) is 0 Å². The minimum Gasteiger partial charge on any atom is -0.497 e. The Morgan fingerprint density at radius 1 is 1.19 bits per heavy atom. The van der Waals surface area contributed by atoms with Gasteiger partial charge in [0.1, 0.15) is 5.75 Å². The lowest BCUT2D eigenvalue weighted by atomic mass is 9.62. The van der Waals surface area contributed by atoms with Gasteiger partial charge in [-0.1, -0.05) is 38.3 Å². The van der Waals surface area contributed by atoms with E-state index >= 15 is 0 Å². The summed E-state index contributed by atoms with van der Waals surface area (Å²) in [6, 6.07) is 8.74. The third-order valence-corrected chi connectivity index (χ3v) is 5.12. The maximum Gasteiger partial charge on any atom is 0.119 e. The zero-order chi connectivity index (χ0) is 15.3.